The fraction of sp³-hybridized carbons (Fsp3) is 0.500. The van der Waals surface area contributed by atoms with E-state index in [2.05, 4.69) is 50.1 Å². The molecule has 0 heterocycles. The lowest BCUT2D eigenvalue weighted by Gasteiger charge is -2.23. The molecule has 1 rings (SSSR count). The molecule has 116 valence electrons. The molecular formula is C18H27NO2. The maximum Gasteiger partial charge on any atom is 0.311 e. The van der Waals surface area contributed by atoms with Gasteiger partial charge in [0.25, 0.3) is 0 Å². The van der Waals surface area contributed by atoms with Crippen molar-refractivity contribution in [1.82, 2.24) is 0 Å². The van der Waals surface area contributed by atoms with E-state index in [9.17, 15) is 4.79 Å². The lowest BCUT2D eigenvalue weighted by Crippen LogP contribution is -2.25. The second-order valence-corrected chi connectivity index (χ2v) is 6.55. The van der Waals surface area contributed by atoms with Crippen LogP contribution in [-0.4, -0.2) is 25.7 Å². The molecule has 0 bridgehead atoms. The highest BCUT2D eigenvalue weighted by molar-refractivity contribution is 5.75. The molecule has 0 saturated heterocycles. The molecule has 0 radical (unpaired) electrons. The quantitative estimate of drug-likeness (QED) is 0.763. The first-order valence-electron chi connectivity index (χ1n) is 7.38. The highest BCUT2D eigenvalue weighted by atomic mass is 16.5. The predicted octanol–water partition coefficient (Wildman–Crippen LogP) is 4.13. The van der Waals surface area contributed by atoms with E-state index in [0.29, 0.717) is 12.6 Å². The summed E-state index contributed by atoms with van der Waals surface area (Å²) in [7, 11) is 2.08. The van der Waals surface area contributed by atoms with Gasteiger partial charge in [-0.3, -0.25) is 4.79 Å². The van der Waals surface area contributed by atoms with Gasteiger partial charge in [0.2, 0.25) is 0 Å². The Morgan fingerprint density at radius 1 is 1.24 bits per heavy atom. The summed E-state index contributed by atoms with van der Waals surface area (Å²) in [5.74, 6) is -0.180. The summed E-state index contributed by atoms with van der Waals surface area (Å²) in [6, 6.07) is 8.80. The number of anilines is 1. The van der Waals surface area contributed by atoms with E-state index in [0.717, 1.165) is 5.56 Å². The van der Waals surface area contributed by atoms with Gasteiger partial charge in [-0.15, -0.1) is 0 Å². The van der Waals surface area contributed by atoms with Gasteiger partial charge < -0.3 is 9.64 Å². The smallest absolute Gasteiger partial charge is 0.311 e. The maximum atomic E-state index is 11.6. The van der Waals surface area contributed by atoms with Crippen molar-refractivity contribution < 1.29 is 9.53 Å². The van der Waals surface area contributed by atoms with Crippen LogP contribution in [0.15, 0.2) is 30.3 Å². The van der Waals surface area contributed by atoms with Gasteiger partial charge in [-0.25, -0.2) is 0 Å². The summed E-state index contributed by atoms with van der Waals surface area (Å²) >= 11 is 0. The summed E-state index contributed by atoms with van der Waals surface area (Å²) in [4.78, 5) is 13.8. The first-order valence-corrected chi connectivity index (χ1v) is 7.38. The van der Waals surface area contributed by atoms with Gasteiger partial charge in [0, 0.05) is 18.8 Å². The molecule has 0 amide bonds. The molecule has 0 aliphatic carbocycles. The van der Waals surface area contributed by atoms with E-state index in [-0.39, 0.29) is 5.97 Å². The van der Waals surface area contributed by atoms with Gasteiger partial charge in [-0.2, -0.15) is 0 Å². The Kier molecular flexibility index (Phi) is 6.01. The lowest BCUT2D eigenvalue weighted by atomic mass is 9.97. The number of nitrogens with zero attached hydrogens (tertiary/aromatic N) is 1. The van der Waals surface area contributed by atoms with Gasteiger partial charge in [0.1, 0.15) is 6.61 Å². The Labute approximate surface area is 128 Å². The molecule has 0 atom stereocenters. The van der Waals surface area contributed by atoms with Crippen molar-refractivity contribution in [1.29, 1.82) is 0 Å². The van der Waals surface area contributed by atoms with Crippen LogP contribution in [0, 0.1) is 5.41 Å². The van der Waals surface area contributed by atoms with E-state index in [4.69, 9.17) is 4.74 Å². The molecular weight excluding hydrogens is 262 g/mol. The zero-order valence-corrected chi connectivity index (χ0v) is 14.0. The average molecular weight is 289 g/mol. The second kappa shape index (κ2) is 7.30. The number of benzene rings is 1. The summed E-state index contributed by atoms with van der Waals surface area (Å²) < 4.78 is 5.19. The summed E-state index contributed by atoms with van der Waals surface area (Å²) in [5.41, 5.74) is 1.85. The number of hydrogen-bond acceptors (Lipinski definition) is 3. The van der Waals surface area contributed by atoms with Crippen molar-refractivity contribution >= 4 is 17.7 Å². The Hall–Kier alpha value is -1.77. The van der Waals surface area contributed by atoms with Crippen LogP contribution >= 0.6 is 0 Å². The van der Waals surface area contributed by atoms with Crippen molar-refractivity contribution in [3.63, 3.8) is 0 Å². The molecule has 1 aromatic rings. The number of carbonyl (C=O) groups excluding carboxylic acids is 1. The zero-order valence-electron chi connectivity index (χ0n) is 14.0. The highest BCUT2D eigenvalue weighted by Crippen LogP contribution is 2.17. The first-order chi connectivity index (χ1) is 9.71. The van der Waals surface area contributed by atoms with Crippen LogP contribution in [0.3, 0.4) is 0 Å². The molecule has 0 aliphatic rings. The van der Waals surface area contributed by atoms with E-state index in [1.54, 1.807) is 0 Å². The summed E-state index contributed by atoms with van der Waals surface area (Å²) in [6.07, 6.45) is 3.83. The Morgan fingerprint density at radius 2 is 1.81 bits per heavy atom. The van der Waals surface area contributed by atoms with Crippen molar-refractivity contribution in [2.45, 2.75) is 40.7 Å². The third kappa shape index (κ3) is 5.62. The van der Waals surface area contributed by atoms with Crippen LogP contribution in [0.1, 0.15) is 40.2 Å². The van der Waals surface area contributed by atoms with Crippen LogP contribution < -0.4 is 4.90 Å². The predicted molar refractivity (Wildman–Crippen MR) is 89.4 cm³/mol. The molecule has 0 fully saturated rings. The Morgan fingerprint density at radius 3 is 2.29 bits per heavy atom. The van der Waals surface area contributed by atoms with E-state index < -0.39 is 5.41 Å². The fourth-order valence-electron chi connectivity index (χ4n) is 1.64. The van der Waals surface area contributed by atoms with E-state index >= 15 is 0 Å². The molecule has 0 N–H and O–H groups in total. The number of esters is 1. The molecule has 3 nitrogen and oxygen atoms in total. The number of carbonyl (C=O) groups is 1. The molecule has 0 spiro atoms. The van der Waals surface area contributed by atoms with Crippen molar-refractivity contribution in [2.75, 3.05) is 18.6 Å². The Balaban J connectivity index is 2.53. The lowest BCUT2D eigenvalue weighted by molar-refractivity contribution is -0.151. The largest absolute Gasteiger partial charge is 0.461 e. The first kappa shape index (κ1) is 17.3. The van der Waals surface area contributed by atoms with Gasteiger partial charge in [0.15, 0.2) is 0 Å². The molecule has 0 aliphatic heterocycles. The van der Waals surface area contributed by atoms with Gasteiger partial charge in [0.05, 0.1) is 5.41 Å². The van der Waals surface area contributed by atoms with Gasteiger partial charge in [-0.05, 0) is 58.4 Å². The molecule has 0 saturated carbocycles. The average Bonchev–Trinajstić information content (AvgIpc) is 2.42. The molecule has 0 aromatic heterocycles. The monoisotopic (exact) mass is 289 g/mol. The van der Waals surface area contributed by atoms with Crippen LogP contribution in [0.4, 0.5) is 5.69 Å². The summed E-state index contributed by atoms with van der Waals surface area (Å²) in [5, 5.41) is 0. The number of rotatable bonds is 5. The highest BCUT2D eigenvalue weighted by Gasteiger charge is 2.22. The zero-order chi connectivity index (χ0) is 16.0. The molecule has 0 unspecified atom stereocenters. The standard InChI is InChI=1S/C18H27NO2/c1-14(2)19(6)16-11-9-15(10-12-16)8-7-13-21-17(20)18(3,4)5/h7-12,14H,13H2,1-6H3/b8-7+. The van der Waals surface area contributed by atoms with Crippen LogP contribution in [0.5, 0.6) is 0 Å². The minimum Gasteiger partial charge on any atom is -0.461 e. The van der Waals surface area contributed by atoms with E-state index in [1.807, 2.05) is 32.9 Å². The minimum atomic E-state index is -0.448. The Bertz CT molecular complexity index is 481. The number of hydrogen-bond donors (Lipinski definition) is 0. The van der Waals surface area contributed by atoms with Gasteiger partial charge in [-0.1, -0.05) is 18.2 Å². The van der Waals surface area contributed by atoms with Crippen LogP contribution in [0.2, 0.25) is 0 Å². The maximum absolute atomic E-state index is 11.6. The van der Waals surface area contributed by atoms with Crippen molar-refractivity contribution in [3.05, 3.63) is 35.9 Å². The van der Waals surface area contributed by atoms with E-state index in [1.165, 1.54) is 5.69 Å². The molecule has 1 aromatic carbocycles. The second-order valence-electron chi connectivity index (χ2n) is 6.55. The fourth-order valence-corrected chi connectivity index (χ4v) is 1.64. The van der Waals surface area contributed by atoms with Crippen LogP contribution in [-0.2, 0) is 9.53 Å². The van der Waals surface area contributed by atoms with Gasteiger partial charge >= 0.3 is 5.97 Å². The summed E-state index contributed by atoms with van der Waals surface area (Å²) in [6.45, 7) is 10.2. The minimum absolute atomic E-state index is 0.180. The number of ether oxygens (including phenoxy) is 1. The third-order valence-electron chi connectivity index (χ3n) is 3.31. The SMILES string of the molecule is CC(C)N(C)c1ccc(/C=C/COC(=O)C(C)(C)C)cc1. The third-order valence-corrected chi connectivity index (χ3v) is 3.31. The van der Waals surface area contributed by atoms with Crippen LogP contribution in [0.25, 0.3) is 6.08 Å². The molecule has 21 heavy (non-hydrogen) atoms. The van der Waals surface area contributed by atoms with Crippen molar-refractivity contribution in [3.8, 4) is 0 Å². The molecule has 3 heteroatoms. The normalized spacial score (nSPS) is 12.0. The topological polar surface area (TPSA) is 29.5 Å². The van der Waals surface area contributed by atoms with Crippen molar-refractivity contribution in [2.24, 2.45) is 5.41 Å².